The highest BCUT2D eigenvalue weighted by molar-refractivity contribution is 7.92. The second-order valence-electron chi connectivity index (χ2n) is 2.15. The van der Waals surface area contributed by atoms with E-state index in [0.717, 1.165) is 11.5 Å². The Morgan fingerprint density at radius 1 is 1.58 bits per heavy atom. The predicted octanol–water partition coefficient (Wildman–Crippen LogP) is 0.608. The molecule has 1 aromatic rings. The van der Waals surface area contributed by atoms with Gasteiger partial charge in [0.15, 0.2) is 0 Å². The van der Waals surface area contributed by atoms with E-state index in [1.807, 2.05) is 0 Å². The molecule has 1 aromatic heterocycles. The molecule has 0 bridgehead atoms. The van der Waals surface area contributed by atoms with Gasteiger partial charge >= 0.3 is 0 Å². The third-order valence-electron chi connectivity index (χ3n) is 1.15. The lowest BCUT2D eigenvalue weighted by atomic mass is 10.8. The second-order valence-corrected chi connectivity index (χ2v) is 4.92. The van der Waals surface area contributed by atoms with Crippen molar-refractivity contribution in [3.63, 3.8) is 0 Å². The molecule has 0 aromatic carbocycles. The van der Waals surface area contributed by atoms with Crippen LogP contribution in [0.15, 0.2) is 0 Å². The highest BCUT2D eigenvalue weighted by Crippen LogP contribution is 2.11. The SMILES string of the molecule is CCS(=O)(=O)Nc1nc(C)ns1. The summed E-state index contributed by atoms with van der Waals surface area (Å²) in [5.74, 6) is 0.625. The van der Waals surface area contributed by atoms with E-state index in [1.165, 1.54) is 0 Å². The first kappa shape index (κ1) is 9.40. The fourth-order valence-corrected chi connectivity index (χ4v) is 1.96. The van der Waals surface area contributed by atoms with Gasteiger partial charge in [0.2, 0.25) is 15.2 Å². The second kappa shape index (κ2) is 3.36. The summed E-state index contributed by atoms with van der Waals surface area (Å²) in [5.41, 5.74) is 0. The van der Waals surface area contributed by atoms with Crippen LogP contribution in [0.4, 0.5) is 5.13 Å². The van der Waals surface area contributed by atoms with Gasteiger partial charge in [0.25, 0.3) is 0 Å². The lowest BCUT2D eigenvalue weighted by Gasteiger charge is -1.98. The molecule has 7 heteroatoms. The Morgan fingerprint density at radius 2 is 2.25 bits per heavy atom. The first-order chi connectivity index (χ1) is 5.53. The maximum atomic E-state index is 11.0. The van der Waals surface area contributed by atoms with Gasteiger partial charge in [0.1, 0.15) is 5.82 Å². The molecule has 0 amide bonds. The van der Waals surface area contributed by atoms with Gasteiger partial charge in [-0.25, -0.2) is 13.4 Å². The normalized spacial score (nSPS) is 11.5. The van der Waals surface area contributed by atoms with Gasteiger partial charge in [-0.15, -0.1) is 0 Å². The molecule has 68 valence electrons. The number of hydrogen-bond acceptors (Lipinski definition) is 5. The number of aryl methyl sites for hydroxylation is 1. The van der Waals surface area contributed by atoms with Gasteiger partial charge in [-0.05, 0) is 13.8 Å². The van der Waals surface area contributed by atoms with Crippen molar-refractivity contribution in [2.24, 2.45) is 0 Å². The van der Waals surface area contributed by atoms with Crippen molar-refractivity contribution >= 4 is 26.7 Å². The van der Waals surface area contributed by atoms with Crippen molar-refractivity contribution in [3.8, 4) is 0 Å². The first-order valence-corrected chi connectivity index (χ1v) is 5.77. The van der Waals surface area contributed by atoms with Crippen LogP contribution in [0.2, 0.25) is 0 Å². The van der Waals surface area contributed by atoms with Crippen molar-refractivity contribution < 1.29 is 8.42 Å². The van der Waals surface area contributed by atoms with Crippen molar-refractivity contribution in [1.82, 2.24) is 9.36 Å². The smallest absolute Gasteiger partial charge is 0.234 e. The third kappa shape index (κ3) is 2.42. The molecule has 0 saturated heterocycles. The van der Waals surface area contributed by atoms with Crippen molar-refractivity contribution in [2.45, 2.75) is 13.8 Å². The molecule has 0 aliphatic heterocycles. The molecule has 0 saturated carbocycles. The van der Waals surface area contributed by atoms with Crippen molar-refractivity contribution in [2.75, 3.05) is 10.5 Å². The van der Waals surface area contributed by atoms with Crippen molar-refractivity contribution in [3.05, 3.63) is 5.82 Å². The monoisotopic (exact) mass is 207 g/mol. The van der Waals surface area contributed by atoms with E-state index in [-0.39, 0.29) is 5.75 Å². The zero-order valence-corrected chi connectivity index (χ0v) is 8.37. The molecule has 1 N–H and O–H groups in total. The Hall–Kier alpha value is -0.690. The maximum absolute atomic E-state index is 11.0. The zero-order chi connectivity index (χ0) is 9.19. The average molecular weight is 207 g/mol. The van der Waals surface area contributed by atoms with Crippen LogP contribution in [-0.2, 0) is 10.0 Å². The number of nitrogens with one attached hydrogen (secondary N) is 1. The maximum Gasteiger partial charge on any atom is 0.234 e. The molecular formula is C5H9N3O2S2. The fourth-order valence-electron chi connectivity index (χ4n) is 0.544. The quantitative estimate of drug-likeness (QED) is 0.788. The minimum absolute atomic E-state index is 0.0472. The van der Waals surface area contributed by atoms with E-state index in [9.17, 15) is 8.42 Å². The van der Waals surface area contributed by atoms with E-state index < -0.39 is 10.0 Å². The summed E-state index contributed by atoms with van der Waals surface area (Å²) < 4.78 is 28.2. The molecule has 0 aliphatic carbocycles. The molecular weight excluding hydrogens is 198 g/mol. The standard InChI is InChI=1S/C5H9N3O2S2/c1-3-12(9,10)8-5-6-4(2)7-11-5/h3H2,1-2H3,(H,6,7,8). The molecule has 0 atom stereocenters. The molecule has 0 unspecified atom stereocenters. The number of sulfonamides is 1. The third-order valence-corrected chi connectivity index (χ3v) is 3.27. The van der Waals surface area contributed by atoms with Crippen LogP contribution in [0.5, 0.6) is 0 Å². The lowest BCUT2D eigenvalue weighted by Crippen LogP contribution is -2.14. The summed E-state index contributed by atoms with van der Waals surface area (Å²) in [4.78, 5) is 3.86. The summed E-state index contributed by atoms with van der Waals surface area (Å²) in [6, 6.07) is 0. The zero-order valence-electron chi connectivity index (χ0n) is 6.73. The van der Waals surface area contributed by atoms with Crippen LogP contribution < -0.4 is 4.72 Å². The number of nitrogens with zero attached hydrogens (tertiary/aromatic N) is 2. The van der Waals surface area contributed by atoms with E-state index in [4.69, 9.17) is 0 Å². The molecule has 1 heterocycles. The Kier molecular flexibility index (Phi) is 2.63. The van der Waals surface area contributed by atoms with Crippen LogP contribution in [0.25, 0.3) is 0 Å². The van der Waals surface area contributed by atoms with Crippen molar-refractivity contribution in [1.29, 1.82) is 0 Å². The average Bonchev–Trinajstić information content (AvgIpc) is 2.35. The van der Waals surface area contributed by atoms with Crippen LogP contribution >= 0.6 is 11.5 Å². The summed E-state index contributed by atoms with van der Waals surface area (Å²) in [6.45, 7) is 3.27. The highest BCUT2D eigenvalue weighted by Gasteiger charge is 2.09. The van der Waals surface area contributed by atoms with Crippen LogP contribution in [0, 0.1) is 6.92 Å². The largest absolute Gasteiger partial charge is 0.257 e. The fraction of sp³-hybridized carbons (Fsp3) is 0.600. The van der Waals surface area contributed by atoms with E-state index in [0.29, 0.717) is 11.0 Å². The van der Waals surface area contributed by atoms with Crippen LogP contribution in [-0.4, -0.2) is 23.5 Å². The summed E-state index contributed by atoms with van der Waals surface area (Å²) in [5, 5.41) is 0.328. The molecule has 0 fully saturated rings. The van der Waals surface area contributed by atoms with Crippen LogP contribution in [0.3, 0.4) is 0 Å². The Bertz CT molecular complexity index is 357. The first-order valence-electron chi connectivity index (χ1n) is 3.34. The van der Waals surface area contributed by atoms with Crippen LogP contribution in [0.1, 0.15) is 12.7 Å². The van der Waals surface area contributed by atoms with E-state index in [1.54, 1.807) is 13.8 Å². The minimum Gasteiger partial charge on any atom is -0.257 e. The predicted molar refractivity (Wildman–Crippen MR) is 47.7 cm³/mol. The summed E-state index contributed by atoms with van der Waals surface area (Å²) >= 11 is 1.04. The Morgan fingerprint density at radius 3 is 2.67 bits per heavy atom. The lowest BCUT2D eigenvalue weighted by molar-refractivity contribution is 0.602. The Labute approximate surface area is 75.1 Å². The number of aromatic nitrogens is 2. The summed E-state index contributed by atoms with van der Waals surface area (Å²) in [7, 11) is -3.20. The topological polar surface area (TPSA) is 72.0 Å². The number of anilines is 1. The van der Waals surface area contributed by atoms with Gasteiger partial charge in [-0.3, -0.25) is 4.72 Å². The van der Waals surface area contributed by atoms with Gasteiger partial charge in [0.05, 0.1) is 5.75 Å². The summed E-state index contributed by atoms with van der Waals surface area (Å²) in [6.07, 6.45) is 0. The highest BCUT2D eigenvalue weighted by atomic mass is 32.2. The Balaban J connectivity index is 2.77. The molecule has 12 heavy (non-hydrogen) atoms. The van der Waals surface area contributed by atoms with Gasteiger partial charge in [0, 0.05) is 11.5 Å². The van der Waals surface area contributed by atoms with Gasteiger partial charge in [-0.1, -0.05) is 0 Å². The number of hydrogen-bond donors (Lipinski definition) is 1. The minimum atomic E-state index is -3.20. The van der Waals surface area contributed by atoms with Gasteiger partial charge in [-0.2, -0.15) is 4.37 Å². The van der Waals surface area contributed by atoms with E-state index in [2.05, 4.69) is 14.1 Å². The molecule has 0 radical (unpaired) electrons. The molecule has 0 aliphatic rings. The molecule has 0 spiro atoms. The van der Waals surface area contributed by atoms with E-state index >= 15 is 0 Å². The number of rotatable bonds is 3. The van der Waals surface area contributed by atoms with Gasteiger partial charge < -0.3 is 0 Å². The molecule has 1 rings (SSSR count). The molecule has 5 nitrogen and oxygen atoms in total.